The van der Waals surface area contributed by atoms with Gasteiger partial charge in [-0.2, -0.15) is 0 Å². The summed E-state index contributed by atoms with van der Waals surface area (Å²) in [5.74, 6) is 2.04. The molecule has 0 unspecified atom stereocenters. The number of nitrogens with zero attached hydrogens (tertiary/aromatic N) is 4. The predicted octanol–water partition coefficient (Wildman–Crippen LogP) is 3.37. The average Bonchev–Trinajstić information content (AvgIpc) is 2.70. The molecule has 27 heavy (non-hydrogen) atoms. The van der Waals surface area contributed by atoms with Gasteiger partial charge in [-0.1, -0.05) is 50.2 Å². The van der Waals surface area contributed by atoms with Gasteiger partial charge < -0.3 is 15.1 Å². The number of aliphatic imine (C=N–C) groups is 1. The lowest BCUT2D eigenvalue weighted by Gasteiger charge is -2.38. The fraction of sp³-hybridized carbons (Fsp3) is 0.429. The summed E-state index contributed by atoms with van der Waals surface area (Å²) in [7, 11) is 1.86. The van der Waals surface area contributed by atoms with Crippen molar-refractivity contribution < 1.29 is 0 Å². The molecule has 1 saturated heterocycles. The third-order valence-corrected chi connectivity index (χ3v) is 5.01. The minimum atomic E-state index is 0. The Morgan fingerprint density at radius 3 is 2.30 bits per heavy atom. The predicted molar refractivity (Wildman–Crippen MR) is 124 cm³/mol. The molecule has 3 rings (SSSR count). The molecule has 0 aliphatic carbocycles. The third kappa shape index (κ3) is 5.57. The maximum Gasteiger partial charge on any atom is 0.193 e. The highest BCUT2D eigenvalue weighted by Gasteiger charge is 2.24. The molecule has 1 aliphatic rings. The fourth-order valence-corrected chi connectivity index (χ4v) is 3.31. The summed E-state index contributed by atoms with van der Waals surface area (Å²) in [6.45, 7) is 9.19. The van der Waals surface area contributed by atoms with E-state index in [4.69, 9.17) is 0 Å². The van der Waals surface area contributed by atoms with Crippen LogP contribution in [0.25, 0.3) is 0 Å². The van der Waals surface area contributed by atoms with Crippen LogP contribution < -0.4 is 10.2 Å². The molecule has 6 heteroatoms. The van der Waals surface area contributed by atoms with Gasteiger partial charge in [0.25, 0.3) is 0 Å². The number of guanidine groups is 1. The highest BCUT2D eigenvalue weighted by Crippen LogP contribution is 2.22. The van der Waals surface area contributed by atoms with Gasteiger partial charge in [-0.25, -0.2) is 4.98 Å². The van der Waals surface area contributed by atoms with Crippen molar-refractivity contribution in [2.24, 2.45) is 4.99 Å². The van der Waals surface area contributed by atoms with E-state index in [1.54, 1.807) is 0 Å². The number of rotatable bonds is 4. The second-order valence-corrected chi connectivity index (χ2v) is 7.31. The highest BCUT2D eigenvalue weighted by atomic mass is 127. The molecule has 2 heterocycles. The van der Waals surface area contributed by atoms with E-state index in [0.29, 0.717) is 0 Å². The van der Waals surface area contributed by atoms with Crippen molar-refractivity contribution in [3.63, 3.8) is 0 Å². The molecule has 2 aromatic rings. The summed E-state index contributed by atoms with van der Waals surface area (Å²) < 4.78 is 0. The van der Waals surface area contributed by atoms with E-state index >= 15 is 0 Å². The third-order valence-electron chi connectivity index (χ3n) is 5.01. The Bertz CT molecular complexity index is 710. The monoisotopic (exact) mass is 479 g/mol. The van der Waals surface area contributed by atoms with Crippen molar-refractivity contribution in [2.45, 2.75) is 19.3 Å². The zero-order valence-electron chi connectivity index (χ0n) is 16.4. The Hall–Kier alpha value is -1.83. The van der Waals surface area contributed by atoms with Crippen LogP contribution in [-0.4, -0.2) is 55.6 Å². The van der Waals surface area contributed by atoms with Crippen LogP contribution in [0.15, 0.2) is 59.7 Å². The molecule has 1 aromatic carbocycles. The summed E-state index contributed by atoms with van der Waals surface area (Å²) in [6, 6.07) is 16.7. The largest absolute Gasteiger partial charge is 0.355 e. The zero-order valence-corrected chi connectivity index (χ0v) is 18.8. The van der Waals surface area contributed by atoms with E-state index in [0.717, 1.165) is 44.5 Å². The van der Waals surface area contributed by atoms with Gasteiger partial charge in [0.05, 0.1) is 0 Å². The van der Waals surface area contributed by atoms with Gasteiger partial charge in [-0.3, -0.25) is 4.99 Å². The van der Waals surface area contributed by atoms with Crippen molar-refractivity contribution in [2.75, 3.05) is 44.7 Å². The van der Waals surface area contributed by atoms with Gasteiger partial charge in [0.15, 0.2) is 5.96 Å². The fourth-order valence-electron chi connectivity index (χ4n) is 3.31. The number of benzene rings is 1. The van der Waals surface area contributed by atoms with E-state index in [9.17, 15) is 0 Å². The molecule has 1 fully saturated rings. The minimum absolute atomic E-state index is 0. The average molecular weight is 479 g/mol. The molecule has 0 radical (unpaired) electrons. The summed E-state index contributed by atoms with van der Waals surface area (Å²) in [5.41, 5.74) is 1.38. The van der Waals surface area contributed by atoms with Crippen LogP contribution >= 0.6 is 24.0 Å². The Morgan fingerprint density at radius 2 is 1.70 bits per heavy atom. The van der Waals surface area contributed by atoms with Crippen LogP contribution in [0.5, 0.6) is 0 Å². The van der Waals surface area contributed by atoms with E-state index in [-0.39, 0.29) is 29.4 Å². The first kappa shape index (κ1) is 21.5. The molecule has 0 spiro atoms. The summed E-state index contributed by atoms with van der Waals surface area (Å²) in [4.78, 5) is 13.6. The second kappa shape index (κ2) is 9.92. The molecule has 1 N–H and O–H groups in total. The lowest BCUT2D eigenvalue weighted by Crippen LogP contribution is -2.54. The van der Waals surface area contributed by atoms with Gasteiger partial charge in [-0.15, -0.1) is 24.0 Å². The van der Waals surface area contributed by atoms with E-state index in [1.807, 2.05) is 25.4 Å². The van der Waals surface area contributed by atoms with Crippen LogP contribution in [0.1, 0.15) is 19.4 Å². The molecule has 0 saturated carbocycles. The normalized spacial score (nSPS) is 15.3. The number of pyridine rings is 1. The maximum atomic E-state index is 4.50. The van der Waals surface area contributed by atoms with Crippen molar-refractivity contribution in [1.29, 1.82) is 0 Å². The highest BCUT2D eigenvalue weighted by molar-refractivity contribution is 14.0. The van der Waals surface area contributed by atoms with Crippen molar-refractivity contribution in [1.82, 2.24) is 15.2 Å². The van der Waals surface area contributed by atoms with Crippen LogP contribution in [0, 0.1) is 0 Å². The molecule has 1 aromatic heterocycles. The second-order valence-electron chi connectivity index (χ2n) is 7.31. The number of halogens is 1. The minimum Gasteiger partial charge on any atom is -0.355 e. The van der Waals surface area contributed by atoms with Crippen molar-refractivity contribution in [3.8, 4) is 0 Å². The smallest absolute Gasteiger partial charge is 0.193 e. The number of anilines is 1. The van der Waals surface area contributed by atoms with Crippen molar-refractivity contribution >= 4 is 35.8 Å². The van der Waals surface area contributed by atoms with Gasteiger partial charge in [0, 0.05) is 51.4 Å². The SMILES string of the molecule is CN=C(NCC(C)(C)c1ccccc1)N1CCN(c2ccccn2)CC1.I. The van der Waals surface area contributed by atoms with Crippen LogP contribution in [-0.2, 0) is 5.41 Å². The topological polar surface area (TPSA) is 43.8 Å². The first-order valence-electron chi connectivity index (χ1n) is 9.27. The van der Waals surface area contributed by atoms with Crippen molar-refractivity contribution in [3.05, 3.63) is 60.3 Å². The molecular weight excluding hydrogens is 449 g/mol. The number of aromatic nitrogens is 1. The van der Waals surface area contributed by atoms with E-state index < -0.39 is 0 Å². The molecule has 5 nitrogen and oxygen atoms in total. The Balaban J connectivity index is 0.00000261. The molecule has 146 valence electrons. The Morgan fingerprint density at radius 1 is 1.04 bits per heavy atom. The molecule has 1 aliphatic heterocycles. The summed E-state index contributed by atoms with van der Waals surface area (Å²) >= 11 is 0. The number of hydrogen-bond acceptors (Lipinski definition) is 3. The van der Waals surface area contributed by atoms with Gasteiger partial charge in [0.2, 0.25) is 0 Å². The zero-order chi connectivity index (χ0) is 18.4. The number of nitrogens with one attached hydrogen (secondary N) is 1. The molecule has 0 amide bonds. The van der Waals surface area contributed by atoms with Gasteiger partial charge in [0.1, 0.15) is 5.82 Å². The van der Waals surface area contributed by atoms with Gasteiger partial charge >= 0.3 is 0 Å². The van der Waals surface area contributed by atoms with E-state index in [2.05, 4.69) is 75.3 Å². The quantitative estimate of drug-likeness (QED) is 0.415. The van der Waals surface area contributed by atoms with Crippen LogP contribution in [0.2, 0.25) is 0 Å². The summed E-state index contributed by atoms with van der Waals surface area (Å²) in [6.07, 6.45) is 1.86. The van der Waals surface area contributed by atoms with Gasteiger partial charge in [-0.05, 0) is 17.7 Å². The first-order chi connectivity index (χ1) is 12.6. The first-order valence-corrected chi connectivity index (χ1v) is 9.27. The molecule has 0 bridgehead atoms. The van der Waals surface area contributed by atoms with Crippen LogP contribution in [0.4, 0.5) is 5.82 Å². The standard InChI is InChI=1S/C21H29N5.HI/c1-21(2,18-9-5-4-6-10-18)17-24-20(22-3)26-15-13-25(14-16-26)19-11-7-8-12-23-19;/h4-12H,13-17H2,1-3H3,(H,22,24);1H. The Kier molecular flexibility index (Phi) is 7.89. The number of hydrogen-bond donors (Lipinski definition) is 1. The van der Waals surface area contributed by atoms with E-state index in [1.165, 1.54) is 5.56 Å². The maximum absolute atomic E-state index is 4.50. The van der Waals surface area contributed by atoms with Crippen LogP contribution in [0.3, 0.4) is 0 Å². The lowest BCUT2D eigenvalue weighted by atomic mass is 9.85. The molecular formula is C21H30IN5. The Labute approximate surface area is 179 Å². The number of piperazine rings is 1. The lowest BCUT2D eigenvalue weighted by molar-refractivity contribution is 0.365. The molecule has 0 atom stereocenters. The summed E-state index contributed by atoms with van der Waals surface area (Å²) in [5, 5.41) is 3.57.